The fourth-order valence-electron chi connectivity index (χ4n) is 2.36. The summed E-state index contributed by atoms with van der Waals surface area (Å²) in [6.07, 6.45) is 4.24. The monoisotopic (exact) mass is 366 g/mol. The Balaban J connectivity index is 2.03. The highest BCUT2D eigenvalue weighted by molar-refractivity contribution is 9.10. The van der Waals surface area contributed by atoms with Gasteiger partial charge in [0.25, 0.3) is 0 Å². The molecule has 1 unspecified atom stereocenters. The number of halogens is 2. The van der Waals surface area contributed by atoms with Gasteiger partial charge in [0, 0.05) is 14.3 Å². The third kappa shape index (κ3) is 2.78. The van der Waals surface area contributed by atoms with Crippen molar-refractivity contribution >= 4 is 41.5 Å². The maximum Gasteiger partial charge on any atom is 0.124 e. The van der Waals surface area contributed by atoms with Crippen LogP contribution in [0.2, 0.25) is 0 Å². The van der Waals surface area contributed by atoms with E-state index in [2.05, 4.69) is 34.1 Å². The smallest absolute Gasteiger partial charge is 0.124 e. The first kappa shape index (κ1) is 14.1. The molecule has 0 amide bonds. The normalized spacial score (nSPS) is 15.4. The van der Waals surface area contributed by atoms with E-state index in [1.54, 1.807) is 12.1 Å². The van der Waals surface area contributed by atoms with Gasteiger partial charge in [-0.1, -0.05) is 43.6 Å². The van der Waals surface area contributed by atoms with Crippen molar-refractivity contribution in [2.75, 3.05) is 0 Å². The van der Waals surface area contributed by atoms with Gasteiger partial charge in [-0.25, -0.2) is 4.39 Å². The minimum Gasteiger partial charge on any atom is -0.207 e. The lowest BCUT2D eigenvalue weighted by Gasteiger charge is -2.19. The van der Waals surface area contributed by atoms with Gasteiger partial charge in [0.15, 0.2) is 0 Å². The largest absolute Gasteiger partial charge is 0.207 e. The molecule has 1 aliphatic carbocycles. The third-order valence-electron chi connectivity index (χ3n) is 3.29. The fourth-order valence-corrected chi connectivity index (χ4v) is 4.90. The van der Waals surface area contributed by atoms with Crippen molar-refractivity contribution in [3.8, 4) is 0 Å². The van der Waals surface area contributed by atoms with Crippen molar-refractivity contribution in [1.82, 2.24) is 0 Å². The first-order valence-corrected chi connectivity index (χ1v) is 9.26. The molecule has 0 radical (unpaired) electrons. The lowest BCUT2D eigenvalue weighted by molar-refractivity contribution is 0.624. The van der Waals surface area contributed by atoms with Crippen molar-refractivity contribution in [3.63, 3.8) is 0 Å². The van der Waals surface area contributed by atoms with Crippen LogP contribution in [0.15, 0.2) is 57.9 Å². The molecule has 1 aliphatic rings. The molecule has 2 aromatic rings. The van der Waals surface area contributed by atoms with Gasteiger partial charge in [0.2, 0.25) is 0 Å². The Bertz CT molecular complexity index is 722. The number of hydrogen-bond acceptors (Lipinski definition) is 1. The lowest BCUT2D eigenvalue weighted by atomic mass is 9.97. The van der Waals surface area contributed by atoms with E-state index in [0.717, 1.165) is 27.1 Å². The quantitative estimate of drug-likeness (QED) is 0.719. The van der Waals surface area contributed by atoms with Crippen molar-refractivity contribution in [3.05, 3.63) is 70.0 Å². The molecule has 1 atom stereocenters. The average molecular weight is 367 g/mol. The SMILES string of the molecule is Fc1cccc(S(=S)C2=CCCc3cc(Br)ccc32)c1. The number of rotatable bonds is 2. The summed E-state index contributed by atoms with van der Waals surface area (Å²) >= 11 is 9.18. The minimum absolute atomic E-state index is 0.225. The first-order valence-electron chi connectivity index (χ1n) is 6.31. The molecule has 4 heteroatoms. The predicted molar refractivity (Wildman–Crippen MR) is 89.8 cm³/mol. The van der Waals surface area contributed by atoms with E-state index in [-0.39, 0.29) is 5.82 Å². The second-order valence-electron chi connectivity index (χ2n) is 4.63. The molecule has 0 N–H and O–H groups in total. The first-order chi connectivity index (χ1) is 9.65. The van der Waals surface area contributed by atoms with Crippen LogP contribution in [0.5, 0.6) is 0 Å². The van der Waals surface area contributed by atoms with E-state index in [1.807, 2.05) is 12.1 Å². The summed E-state index contributed by atoms with van der Waals surface area (Å²) in [5.74, 6) is -0.225. The molecule has 0 heterocycles. The zero-order valence-electron chi connectivity index (χ0n) is 10.6. The summed E-state index contributed by atoms with van der Waals surface area (Å²) in [6.45, 7) is 0. The summed E-state index contributed by atoms with van der Waals surface area (Å²) < 4.78 is 14.5. The second-order valence-corrected chi connectivity index (χ2v) is 8.00. The topological polar surface area (TPSA) is 0 Å². The van der Waals surface area contributed by atoms with Crippen LogP contribution in [-0.2, 0) is 27.1 Å². The highest BCUT2D eigenvalue weighted by Crippen LogP contribution is 2.33. The molecule has 0 nitrogen and oxygen atoms in total. The number of aryl methyl sites for hydroxylation is 1. The summed E-state index contributed by atoms with van der Waals surface area (Å²) in [7, 11) is -0.509. The minimum atomic E-state index is -0.509. The molecule has 0 fully saturated rings. The van der Waals surface area contributed by atoms with Crippen LogP contribution in [-0.4, -0.2) is 0 Å². The van der Waals surface area contributed by atoms with E-state index >= 15 is 0 Å². The van der Waals surface area contributed by atoms with Crippen LogP contribution in [0, 0.1) is 5.82 Å². The number of hydrogen-bond donors (Lipinski definition) is 0. The van der Waals surface area contributed by atoms with Crippen LogP contribution in [0.4, 0.5) is 4.39 Å². The molecule has 0 aromatic heterocycles. The molecule has 3 rings (SSSR count). The zero-order chi connectivity index (χ0) is 14.1. The Kier molecular flexibility index (Phi) is 4.15. The Morgan fingerprint density at radius 3 is 2.80 bits per heavy atom. The summed E-state index contributed by atoms with van der Waals surface area (Å²) in [4.78, 5) is 2.03. The Hall–Kier alpha value is -0.840. The molecule has 102 valence electrons. The van der Waals surface area contributed by atoms with Crippen LogP contribution in [0.1, 0.15) is 17.5 Å². The lowest BCUT2D eigenvalue weighted by Crippen LogP contribution is -2.04. The van der Waals surface area contributed by atoms with Crippen molar-refractivity contribution in [1.29, 1.82) is 0 Å². The maximum absolute atomic E-state index is 13.4. The van der Waals surface area contributed by atoms with Crippen molar-refractivity contribution in [2.45, 2.75) is 17.7 Å². The van der Waals surface area contributed by atoms with E-state index in [4.69, 9.17) is 11.2 Å². The average Bonchev–Trinajstić information content (AvgIpc) is 2.45. The van der Waals surface area contributed by atoms with Crippen molar-refractivity contribution < 1.29 is 4.39 Å². The summed E-state index contributed by atoms with van der Waals surface area (Å²) in [5.41, 5.74) is 2.53. The van der Waals surface area contributed by atoms with Gasteiger partial charge in [-0.2, -0.15) is 0 Å². The molecule has 0 bridgehead atoms. The zero-order valence-corrected chi connectivity index (χ0v) is 13.8. The highest BCUT2D eigenvalue weighted by Gasteiger charge is 2.16. The molecule has 0 saturated carbocycles. The highest BCUT2D eigenvalue weighted by atomic mass is 79.9. The summed E-state index contributed by atoms with van der Waals surface area (Å²) in [6, 6.07) is 12.9. The van der Waals surface area contributed by atoms with Gasteiger partial charge in [-0.15, -0.1) is 0 Å². The molecular formula is C16H12BrFS2. The van der Waals surface area contributed by atoms with Crippen LogP contribution >= 0.6 is 15.9 Å². The van der Waals surface area contributed by atoms with E-state index in [0.29, 0.717) is 0 Å². The van der Waals surface area contributed by atoms with Crippen LogP contribution in [0.25, 0.3) is 4.91 Å². The summed E-state index contributed by atoms with van der Waals surface area (Å²) in [5, 5.41) is 0. The Labute approximate surface area is 133 Å². The second kappa shape index (κ2) is 5.88. The maximum atomic E-state index is 13.4. The molecular weight excluding hydrogens is 355 g/mol. The van der Waals surface area contributed by atoms with Gasteiger partial charge < -0.3 is 0 Å². The molecule has 0 aliphatic heterocycles. The Morgan fingerprint density at radius 2 is 2.00 bits per heavy atom. The molecule has 2 aromatic carbocycles. The third-order valence-corrected chi connectivity index (χ3v) is 6.36. The van der Waals surface area contributed by atoms with Crippen LogP contribution < -0.4 is 0 Å². The van der Waals surface area contributed by atoms with Crippen LogP contribution in [0.3, 0.4) is 0 Å². The van der Waals surface area contributed by atoms with E-state index in [9.17, 15) is 4.39 Å². The van der Waals surface area contributed by atoms with E-state index in [1.165, 1.54) is 17.2 Å². The van der Waals surface area contributed by atoms with E-state index < -0.39 is 9.45 Å². The molecule has 0 saturated heterocycles. The van der Waals surface area contributed by atoms with Crippen molar-refractivity contribution in [2.24, 2.45) is 0 Å². The molecule has 20 heavy (non-hydrogen) atoms. The predicted octanol–water partition coefficient (Wildman–Crippen LogP) is 5.01. The van der Waals surface area contributed by atoms with Gasteiger partial charge >= 0.3 is 0 Å². The molecule has 0 spiro atoms. The fraction of sp³-hybridized carbons (Fsp3) is 0.125. The van der Waals surface area contributed by atoms with Gasteiger partial charge in [-0.3, -0.25) is 0 Å². The Morgan fingerprint density at radius 1 is 1.15 bits per heavy atom. The number of fused-ring (bicyclic) bond motifs is 1. The standard InChI is InChI=1S/C16H12BrFS2/c17-12-7-8-15-11(9-12)3-1-6-16(15)20(19)14-5-2-4-13(18)10-14/h2,4-10H,1,3H2. The van der Waals surface area contributed by atoms with Gasteiger partial charge in [-0.05, 0) is 65.5 Å². The van der Waals surface area contributed by atoms with Gasteiger partial charge in [0.1, 0.15) is 5.82 Å². The van der Waals surface area contributed by atoms with Gasteiger partial charge in [0.05, 0.1) is 0 Å². The number of allylic oxidation sites excluding steroid dienone is 1. The number of benzene rings is 2.